The summed E-state index contributed by atoms with van der Waals surface area (Å²) >= 11 is 0. The molecule has 2 N–H and O–H groups in total. The van der Waals surface area contributed by atoms with E-state index in [0.717, 1.165) is 16.2 Å². The lowest BCUT2D eigenvalue weighted by molar-refractivity contribution is 0.170. The molecule has 0 unspecified atom stereocenters. The molecule has 9 nitrogen and oxygen atoms in total. The number of nitrogens with one attached hydrogen (secondary N) is 1. The second-order valence-electron chi connectivity index (χ2n) is 7.63. The Labute approximate surface area is 181 Å². The molecule has 0 aliphatic carbocycles. The van der Waals surface area contributed by atoms with E-state index >= 15 is 0 Å². The first kappa shape index (κ1) is 20.1. The molecule has 0 spiro atoms. The third-order valence-corrected chi connectivity index (χ3v) is 5.88. The number of aromatic amines is 1. The third-order valence-electron chi connectivity index (χ3n) is 5.88. The van der Waals surface area contributed by atoms with Gasteiger partial charge in [-0.05, 0) is 37.2 Å². The number of hydrogen-bond acceptors (Lipinski definition) is 7. The zero-order valence-electron chi connectivity index (χ0n) is 17.3. The molecule has 5 rings (SSSR count). The molecular formula is C22H20FN3O6. The van der Waals surface area contributed by atoms with Crippen LogP contribution in [0, 0.1) is 5.82 Å². The van der Waals surface area contributed by atoms with Gasteiger partial charge in [-0.3, -0.25) is 14.7 Å². The Bertz CT molecular complexity index is 1350. The number of hydrogen-bond donors (Lipinski definition) is 2. The molecule has 2 aromatic carbocycles. The highest BCUT2D eigenvalue weighted by atomic mass is 19.1. The average molecular weight is 441 g/mol. The largest absolute Gasteiger partial charge is 0.494 e. The number of aromatic nitrogens is 2. The molecule has 3 aromatic rings. The monoisotopic (exact) mass is 441 g/mol. The van der Waals surface area contributed by atoms with Crippen LogP contribution in [-0.4, -0.2) is 47.1 Å². The molecule has 1 atom stereocenters. The first-order valence-corrected chi connectivity index (χ1v) is 9.95. The summed E-state index contributed by atoms with van der Waals surface area (Å²) < 4.78 is 32.0. The van der Waals surface area contributed by atoms with Crippen LogP contribution >= 0.6 is 0 Å². The summed E-state index contributed by atoms with van der Waals surface area (Å²) in [4.78, 5) is 29.6. The summed E-state index contributed by atoms with van der Waals surface area (Å²) in [7, 11) is 3.27. The van der Waals surface area contributed by atoms with E-state index in [1.54, 1.807) is 7.05 Å². The predicted octanol–water partition coefficient (Wildman–Crippen LogP) is 1.69. The number of methoxy groups -OCH3 is 1. The number of para-hydroxylation sites is 1. The van der Waals surface area contributed by atoms with Crippen molar-refractivity contribution < 1.29 is 23.7 Å². The lowest BCUT2D eigenvalue weighted by Gasteiger charge is -2.35. The summed E-state index contributed by atoms with van der Waals surface area (Å²) in [6.07, 6.45) is 0.640. The fourth-order valence-corrected chi connectivity index (χ4v) is 4.44. The van der Waals surface area contributed by atoms with E-state index in [4.69, 9.17) is 14.2 Å². The summed E-state index contributed by atoms with van der Waals surface area (Å²) in [5.74, 6) is -0.0354. The number of benzene rings is 2. The molecule has 0 fully saturated rings. The van der Waals surface area contributed by atoms with Crippen LogP contribution in [0.3, 0.4) is 0 Å². The van der Waals surface area contributed by atoms with Crippen molar-refractivity contribution in [3.63, 3.8) is 0 Å². The van der Waals surface area contributed by atoms with Crippen molar-refractivity contribution in [2.24, 2.45) is 0 Å². The Balaban J connectivity index is 1.81. The van der Waals surface area contributed by atoms with Crippen LogP contribution in [0.2, 0.25) is 0 Å². The van der Waals surface area contributed by atoms with E-state index in [1.165, 1.54) is 25.3 Å². The van der Waals surface area contributed by atoms with Crippen molar-refractivity contribution in [1.82, 2.24) is 14.5 Å². The van der Waals surface area contributed by atoms with Crippen molar-refractivity contribution in [2.75, 3.05) is 27.5 Å². The predicted molar refractivity (Wildman–Crippen MR) is 112 cm³/mol. The maximum Gasteiger partial charge on any atom is 0.335 e. The van der Waals surface area contributed by atoms with E-state index in [-0.39, 0.29) is 18.0 Å². The minimum Gasteiger partial charge on any atom is -0.494 e. The van der Waals surface area contributed by atoms with Gasteiger partial charge >= 0.3 is 5.69 Å². The van der Waals surface area contributed by atoms with E-state index in [2.05, 4.69) is 4.98 Å². The van der Waals surface area contributed by atoms with Gasteiger partial charge in [0.05, 0.1) is 24.4 Å². The second kappa shape index (κ2) is 7.41. The van der Waals surface area contributed by atoms with Crippen LogP contribution in [0.5, 0.6) is 23.1 Å². The number of H-pyrrole nitrogens is 1. The van der Waals surface area contributed by atoms with Gasteiger partial charge in [0.25, 0.3) is 5.56 Å². The topological polar surface area (TPSA) is 106 Å². The van der Waals surface area contributed by atoms with Crippen LogP contribution in [-0.2, 0) is 6.42 Å². The van der Waals surface area contributed by atoms with E-state index < -0.39 is 29.0 Å². The zero-order chi connectivity index (χ0) is 22.6. The number of likely N-dealkylation sites (N-methyl/N-ethyl adjacent to an activating group) is 1. The number of rotatable bonds is 3. The normalized spacial score (nSPS) is 17.3. The molecule has 0 bridgehead atoms. The molecule has 2 aliphatic heterocycles. The second-order valence-corrected chi connectivity index (χ2v) is 7.63. The number of aromatic hydroxyl groups is 1. The molecule has 0 radical (unpaired) electrons. The molecule has 0 saturated carbocycles. The molecule has 2 aliphatic rings. The third kappa shape index (κ3) is 2.87. The number of halogens is 1. The molecule has 1 aromatic heterocycles. The van der Waals surface area contributed by atoms with Crippen LogP contribution in [0.4, 0.5) is 4.39 Å². The van der Waals surface area contributed by atoms with Gasteiger partial charge in [0.1, 0.15) is 5.82 Å². The van der Waals surface area contributed by atoms with Crippen LogP contribution in [0.1, 0.15) is 22.7 Å². The van der Waals surface area contributed by atoms with Crippen molar-refractivity contribution in [3.05, 3.63) is 73.7 Å². The van der Waals surface area contributed by atoms with Crippen LogP contribution in [0.25, 0.3) is 5.69 Å². The molecular weight excluding hydrogens is 421 g/mol. The summed E-state index contributed by atoms with van der Waals surface area (Å²) in [6.45, 7) is 0.595. The fraction of sp³-hybridized carbons (Fsp3) is 0.273. The summed E-state index contributed by atoms with van der Waals surface area (Å²) in [6, 6.07) is 6.55. The van der Waals surface area contributed by atoms with Crippen molar-refractivity contribution in [2.45, 2.75) is 12.5 Å². The minimum atomic E-state index is -0.947. The first-order chi connectivity index (χ1) is 15.4. The molecule has 10 heteroatoms. The summed E-state index contributed by atoms with van der Waals surface area (Å²) in [5.41, 5.74) is -0.527. The Morgan fingerprint density at radius 2 is 2.00 bits per heavy atom. The van der Waals surface area contributed by atoms with Gasteiger partial charge in [0.2, 0.25) is 18.4 Å². The standard InChI is InChI=1S/C22H20FN3O6/c1-25-8-7-11-9-14-18(32-10-31-14)19(30-2)15(11)17(25)16-20(27)24-22(29)26(21(16)28)13-6-4-3-5-12(13)23/h3-6,9,17,28H,7-8,10H2,1-2H3,(H,24,27,29)/t17-/m0/s1. The highest BCUT2D eigenvalue weighted by Gasteiger charge is 2.38. The lowest BCUT2D eigenvalue weighted by atomic mass is 9.87. The Morgan fingerprint density at radius 3 is 2.75 bits per heavy atom. The smallest absolute Gasteiger partial charge is 0.335 e. The molecule has 0 saturated heterocycles. The molecule has 3 heterocycles. The van der Waals surface area contributed by atoms with E-state index in [1.807, 2.05) is 11.0 Å². The van der Waals surface area contributed by atoms with Gasteiger partial charge in [0, 0.05) is 12.1 Å². The zero-order valence-corrected chi connectivity index (χ0v) is 17.3. The quantitative estimate of drug-likeness (QED) is 0.637. The molecule has 166 valence electrons. The highest BCUT2D eigenvalue weighted by molar-refractivity contribution is 5.63. The van der Waals surface area contributed by atoms with Crippen LogP contribution < -0.4 is 25.5 Å². The molecule has 0 amide bonds. The van der Waals surface area contributed by atoms with Gasteiger partial charge in [0.15, 0.2) is 11.5 Å². The minimum absolute atomic E-state index is 0.0408. The average Bonchev–Trinajstić information content (AvgIpc) is 3.23. The lowest BCUT2D eigenvalue weighted by Crippen LogP contribution is -2.40. The van der Waals surface area contributed by atoms with Gasteiger partial charge in [-0.15, -0.1) is 0 Å². The van der Waals surface area contributed by atoms with Crippen LogP contribution in [0.15, 0.2) is 39.9 Å². The first-order valence-electron chi connectivity index (χ1n) is 9.95. The van der Waals surface area contributed by atoms with Gasteiger partial charge in [-0.25, -0.2) is 13.8 Å². The Morgan fingerprint density at radius 1 is 1.22 bits per heavy atom. The van der Waals surface area contributed by atoms with E-state index in [0.29, 0.717) is 35.8 Å². The number of ether oxygens (including phenoxy) is 3. The number of fused-ring (bicyclic) bond motifs is 2. The number of nitrogens with zero attached hydrogens (tertiary/aromatic N) is 2. The van der Waals surface area contributed by atoms with Gasteiger partial charge in [-0.2, -0.15) is 0 Å². The van der Waals surface area contributed by atoms with Crippen molar-refractivity contribution >= 4 is 0 Å². The van der Waals surface area contributed by atoms with E-state index in [9.17, 15) is 19.1 Å². The summed E-state index contributed by atoms with van der Waals surface area (Å²) in [5, 5.41) is 11.1. The molecule has 32 heavy (non-hydrogen) atoms. The Hall–Kier alpha value is -3.79. The SMILES string of the molecule is COc1c2c(cc3c1[C@@H](c1c(O)n(-c4ccccc4F)c(=O)[nH]c1=O)N(C)CC3)OCO2. The Kier molecular flexibility index (Phi) is 4.66. The maximum absolute atomic E-state index is 14.5. The van der Waals surface area contributed by atoms with Crippen molar-refractivity contribution in [1.29, 1.82) is 0 Å². The van der Waals surface area contributed by atoms with Gasteiger partial charge in [-0.1, -0.05) is 12.1 Å². The van der Waals surface area contributed by atoms with Crippen molar-refractivity contribution in [3.8, 4) is 28.8 Å². The van der Waals surface area contributed by atoms with Gasteiger partial charge < -0.3 is 19.3 Å². The maximum atomic E-state index is 14.5. The fourth-order valence-electron chi connectivity index (χ4n) is 4.44. The highest BCUT2D eigenvalue weighted by Crippen LogP contribution is 2.51.